The van der Waals surface area contributed by atoms with E-state index in [0.29, 0.717) is 56.4 Å². The van der Waals surface area contributed by atoms with Gasteiger partial charge in [0, 0.05) is 62.1 Å². The first kappa shape index (κ1) is 30.6. The molecule has 43 heavy (non-hydrogen) atoms. The third-order valence-corrected chi connectivity index (χ3v) is 9.77. The molecule has 2 aliphatic rings. The van der Waals surface area contributed by atoms with Gasteiger partial charge >= 0.3 is 0 Å². The van der Waals surface area contributed by atoms with Crippen LogP contribution in [0.2, 0.25) is 0 Å². The minimum absolute atomic E-state index is 0.0737. The van der Waals surface area contributed by atoms with Gasteiger partial charge in [0.2, 0.25) is 16.0 Å². The molecule has 11 nitrogen and oxygen atoms in total. The predicted molar refractivity (Wildman–Crippen MR) is 158 cm³/mol. The summed E-state index contributed by atoms with van der Waals surface area (Å²) >= 11 is 0. The third kappa shape index (κ3) is 6.26. The van der Waals surface area contributed by atoms with Crippen LogP contribution < -0.4 is 19.7 Å². The standard InChI is InChI=1S/C29H34F2N6O5S/c1-5-37-24-14-21(33-29-32-15-23(31)27(34-29)22-7-6-20(30)13-25(22)41-4)12-19(28(24)42-17-26(37)38)16-35-8-10-36(11-9-35)43(39,40)18(2)3/h6-7,12-15,18H,5,8-11,16-17H2,1-4H3,(H,32,33,34). The molecule has 1 saturated heterocycles. The number of hydrogen-bond acceptors (Lipinski definition) is 9. The maximum Gasteiger partial charge on any atom is 0.265 e. The molecule has 5 rings (SSSR count). The van der Waals surface area contributed by atoms with Crippen LogP contribution in [0, 0.1) is 11.6 Å². The number of anilines is 3. The molecule has 0 aliphatic carbocycles. The van der Waals surface area contributed by atoms with Gasteiger partial charge in [0.25, 0.3) is 5.91 Å². The molecule has 0 saturated carbocycles. The van der Waals surface area contributed by atoms with E-state index in [1.54, 1.807) is 24.8 Å². The summed E-state index contributed by atoms with van der Waals surface area (Å²) in [4.78, 5) is 24.9. The normalized spacial score (nSPS) is 16.3. The van der Waals surface area contributed by atoms with Crippen LogP contribution in [0.4, 0.5) is 26.1 Å². The van der Waals surface area contributed by atoms with Crippen LogP contribution in [0.25, 0.3) is 11.3 Å². The van der Waals surface area contributed by atoms with Crippen molar-refractivity contribution in [3.05, 3.63) is 53.7 Å². The second-order valence-corrected chi connectivity index (χ2v) is 13.0. The zero-order valence-electron chi connectivity index (χ0n) is 24.4. The summed E-state index contributed by atoms with van der Waals surface area (Å²) in [7, 11) is -1.98. The van der Waals surface area contributed by atoms with E-state index in [9.17, 15) is 22.0 Å². The van der Waals surface area contributed by atoms with Gasteiger partial charge in [-0.25, -0.2) is 27.2 Å². The predicted octanol–water partition coefficient (Wildman–Crippen LogP) is 3.78. The van der Waals surface area contributed by atoms with E-state index in [0.717, 1.165) is 17.8 Å². The fraction of sp³-hybridized carbons (Fsp3) is 0.414. The number of carbonyl (C=O) groups excluding carboxylic acids is 1. The van der Waals surface area contributed by atoms with Gasteiger partial charge in [-0.3, -0.25) is 9.69 Å². The van der Waals surface area contributed by atoms with Gasteiger partial charge in [-0.05, 0) is 45.0 Å². The van der Waals surface area contributed by atoms with Crippen LogP contribution in [0.5, 0.6) is 11.5 Å². The van der Waals surface area contributed by atoms with Crippen molar-refractivity contribution in [2.75, 3.05) is 56.7 Å². The van der Waals surface area contributed by atoms with Gasteiger partial charge in [0.05, 0.1) is 24.2 Å². The van der Waals surface area contributed by atoms with Gasteiger partial charge in [-0.15, -0.1) is 0 Å². The largest absolute Gasteiger partial charge is 0.496 e. The smallest absolute Gasteiger partial charge is 0.265 e. The van der Waals surface area contributed by atoms with Crippen molar-refractivity contribution in [3.63, 3.8) is 0 Å². The lowest BCUT2D eigenvalue weighted by molar-refractivity contribution is -0.121. The summed E-state index contributed by atoms with van der Waals surface area (Å²) in [5, 5.41) is 2.63. The van der Waals surface area contributed by atoms with Crippen molar-refractivity contribution < 1.29 is 31.5 Å². The topological polar surface area (TPSA) is 117 Å². The van der Waals surface area contributed by atoms with E-state index >= 15 is 0 Å². The molecule has 230 valence electrons. The first-order valence-electron chi connectivity index (χ1n) is 14.0. The maximum atomic E-state index is 14.8. The third-order valence-electron chi connectivity index (χ3n) is 7.49. The van der Waals surface area contributed by atoms with Gasteiger partial charge in [0.1, 0.15) is 23.0 Å². The highest BCUT2D eigenvalue weighted by Crippen LogP contribution is 2.40. The van der Waals surface area contributed by atoms with E-state index in [4.69, 9.17) is 9.47 Å². The van der Waals surface area contributed by atoms with Crippen molar-refractivity contribution in [2.45, 2.75) is 32.6 Å². The molecular formula is C29H34F2N6O5S. The van der Waals surface area contributed by atoms with Gasteiger partial charge in [-0.1, -0.05) is 0 Å². The fourth-order valence-electron chi connectivity index (χ4n) is 5.21. The molecule has 1 amide bonds. The van der Waals surface area contributed by atoms with Crippen molar-refractivity contribution >= 4 is 33.3 Å². The molecular weight excluding hydrogens is 582 g/mol. The number of piperazine rings is 1. The summed E-state index contributed by atoms with van der Waals surface area (Å²) in [6.07, 6.45) is 1.02. The first-order valence-corrected chi connectivity index (χ1v) is 15.5. The Kier molecular flexibility index (Phi) is 8.81. The number of methoxy groups -OCH3 is 1. The van der Waals surface area contributed by atoms with Crippen LogP contribution in [0.15, 0.2) is 36.5 Å². The lowest BCUT2D eigenvalue weighted by atomic mass is 10.1. The Morgan fingerprint density at radius 3 is 2.53 bits per heavy atom. The Labute approximate surface area is 249 Å². The van der Waals surface area contributed by atoms with E-state index in [1.807, 2.05) is 13.0 Å². The number of nitrogens with zero attached hydrogens (tertiary/aromatic N) is 5. The van der Waals surface area contributed by atoms with Crippen molar-refractivity contribution in [2.24, 2.45) is 0 Å². The lowest BCUT2D eigenvalue weighted by Crippen LogP contribution is -2.50. The maximum absolute atomic E-state index is 14.8. The Balaban J connectivity index is 1.46. The van der Waals surface area contributed by atoms with Gasteiger partial charge in [-0.2, -0.15) is 4.31 Å². The fourth-order valence-corrected chi connectivity index (χ4v) is 6.48. The number of nitrogens with one attached hydrogen (secondary N) is 1. The molecule has 3 aromatic rings. The number of amides is 1. The first-order chi connectivity index (χ1) is 20.5. The van der Waals surface area contributed by atoms with Crippen molar-refractivity contribution in [1.29, 1.82) is 0 Å². The lowest BCUT2D eigenvalue weighted by Gasteiger charge is -2.36. The van der Waals surface area contributed by atoms with Crippen LogP contribution in [-0.4, -0.2) is 85.2 Å². The van der Waals surface area contributed by atoms with Gasteiger partial charge in [0.15, 0.2) is 12.4 Å². The Morgan fingerprint density at radius 2 is 1.86 bits per heavy atom. The van der Waals surface area contributed by atoms with E-state index < -0.39 is 26.9 Å². The Bertz CT molecular complexity index is 1630. The summed E-state index contributed by atoms with van der Waals surface area (Å²) in [5.74, 6) is -0.663. The number of halogens is 2. The summed E-state index contributed by atoms with van der Waals surface area (Å²) in [6, 6.07) is 7.32. The highest BCUT2D eigenvalue weighted by Gasteiger charge is 2.32. The molecule has 0 spiro atoms. The number of carbonyl (C=O) groups is 1. The zero-order valence-corrected chi connectivity index (χ0v) is 25.2. The quantitative estimate of drug-likeness (QED) is 0.383. The summed E-state index contributed by atoms with van der Waals surface area (Å²) < 4.78 is 66.5. The molecule has 0 bridgehead atoms. The van der Waals surface area contributed by atoms with Gasteiger partial charge < -0.3 is 19.7 Å². The van der Waals surface area contributed by atoms with Crippen LogP contribution >= 0.6 is 0 Å². The average Bonchev–Trinajstić information content (AvgIpc) is 2.98. The Morgan fingerprint density at radius 1 is 1.12 bits per heavy atom. The molecule has 2 aromatic carbocycles. The van der Waals surface area contributed by atoms with Crippen LogP contribution in [0.1, 0.15) is 26.3 Å². The number of likely N-dealkylation sites (N-methyl/N-ethyl adjacent to an activating group) is 1. The zero-order chi connectivity index (χ0) is 30.9. The molecule has 1 N–H and O–H groups in total. The number of fused-ring (bicyclic) bond motifs is 1. The summed E-state index contributed by atoms with van der Waals surface area (Å²) in [6.45, 7) is 7.80. The molecule has 14 heteroatoms. The molecule has 0 atom stereocenters. The van der Waals surface area contributed by atoms with Crippen molar-refractivity contribution in [3.8, 4) is 22.8 Å². The molecule has 3 heterocycles. The van der Waals surface area contributed by atoms with Crippen LogP contribution in [0.3, 0.4) is 0 Å². The average molecular weight is 617 g/mol. The molecule has 1 fully saturated rings. The molecule has 2 aliphatic heterocycles. The highest BCUT2D eigenvalue weighted by atomic mass is 32.2. The number of rotatable bonds is 9. The minimum atomic E-state index is -3.34. The number of ether oxygens (including phenoxy) is 2. The SMILES string of the molecule is CCN1C(=O)COc2c(CN3CCN(S(=O)(=O)C(C)C)CC3)cc(Nc3ncc(F)c(-c4ccc(F)cc4OC)n3)cc21. The molecule has 0 radical (unpaired) electrons. The van der Waals surface area contributed by atoms with E-state index in [2.05, 4.69) is 20.2 Å². The number of sulfonamides is 1. The minimum Gasteiger partial charge on any atom is -0.496 e. The monoisotopic (exact) mass is 616 g/mol. The molecule has 0 unspecified atom stereocenters. The number of aromatic nitrogens is 2. The molecule has 1 aromatic heterocycles. The second kappa shape index (κ2) is 12.4. The Hall–Kier alpha value is -3.88. The summed E-state index contributed by atoms with van der Waals surface area (Å²) in [5.41, 5.74) is 2.08. The van der Waals surface area contributed by atoms with Crippen LogP contribution in [-0.2, 0) is 21.4 Å². The number of benzene rings is 2. The second-order valence-electron chi connectivity index (χ2n) is 10.5. The highest BCUT2D eigenvalue weighted by molar-refractivity contribution is 7.89. The van der Waals surface area contributed by atoms with E-state index in [1.165, 1.54) is 23.5 Å². The van der Waals surface area contributed by atoms with E-state index in [-0.39, 0.29) is 35.5 Å². The van der Waals surface area contributed by atoms with Crippen molar-refractivity contribution in [1.82, 2.24) is 19.2 Å². The number of hydrogen-bond donors (Lipinski definition) is 1.